The number of Topliss-reactive ketones (excluding diaryl/α,β-unsaturated/α-hetero) is 1. The van der Waals surface area contributed by atoms with Gasteiger partial charge in [0.25, 0.3) is 0 Å². The maximum Gasteiger partial charge on any atom is 0.408 e. The number of ketones is 1. The number of carbonyl (C=O) groups is 2. The quantitative estimate of drug-likeness (QED) is 0.865. The number of hydrogen-bond donors (Lipinski definition) is 1. The highest BCUT2D eigenvalue weighted by Crippen LogP contribution is 2.15. The summed E-state index contributed by atoms with van der Waals surface area (Å²) in [5, 5.41) is 2.50. The van der Waals surface area contributed by atoms with Crippen molar-refractivity contribution in [3.63, 3.8) is 0 Å². The fourth-order valence-corrected chi connectivity index (χ4v) is 1.61. The molecule has 4 nitrogen and oxygen atoms in total. The number of hydrogen-bond acceptors (Lipinski definition) is 3. The van der Waals surface area contributed by atoms with Crippen LogP contribution in [0.25, 0.3) is 0 Å². The molecule has 0 spiro atoms. The molecular formula is C15H20FNO3. The van der Waals surface area contributed by atoms with Crippen LogP contribution >= 0.6 is 0 Å². The second kappa shape index (κ2) is 5.61. The summed E-state index contributed by atoms with van der Waals surface area (Å²) in [6.07, 6.45) is -0.688. The molecule has 0 aliphatic rings. The number of halogens is 1. The summed E-state index contributed by atoms with van der Waals surface area (Å²) in [5.74, 6) is -0.883. The number of carbonyl (C=O) groups excluding carboxylic acids is 2. The third-order valence-electron chi connectivity index (χ3n) is 2.47. The van der Waals surface area contributed by atoms with Crippen LogP contribution < -0.4 is 5.32 Å². The van der Waals surface area contributed by atoms with Gasteiger partial charge in [0.05, 0.1) is 0 Å². The Balaban J connectivity index is 2.83. The Bertz CT molecular complexity index is 518. The van der Waals surface area contributed by atoms with E-state index < -0.39 is 23.1 Å². The highest BCUT2D eigenvalue weighted by Gasteiger charge is 2.32. The molecule has 1 rings (SSSR count). The van der Waals surface area contributed by atoms with E-state index in [0.717, 1.165) is 6.07 Å². The summed E-state index contributed by atoms with van der Waals surface area (Å²) in [5.41, 5.74) is -1.64. The normalized spacial score (nSPS) is 11.9. The summed E-state index contributed by atoms with van der Waals surface area (Å²) < 4.78 is 18.2. The Labute approximate surface area is 118 Å². The van der Waals surface area contributed by atoms with Crippen molar-refractivity contribution in [2.24, 2.45) is 0 Å². The predicted octanol–water partition coefficient (Wildman–Crippen LogP) is 3.31. The second-order valence-corrected chi connectivity index (χ2v) is 6.09. The van der Waals surface area contributed by atoms with Gasteiger partial charge in [0, 0.05) is 5.56 Å². The van der Waals surface area contributed by atoms with Crippen LogP contribution in [0.15, 0.2) is 24.3 Å². The van der Waals surface area contributed by atoms with Crippen LogP contribution in [-0.2, 0) is 4.74 Å². The second-order valence-electron chi connectivity index (χ2n) is 6.09. The maximum absolute atomic E-state index is 13.1. The molecule has 0 aromatic heterocycles. The van der Waals surface area contributed by atoms with Gasteiger partial charge in [-0.15, -0.1) is 0 Å². The Morgan fingerprint density at radius 1 is 1.15 bits per heavy atom. The van der Waals surface area contributed by atoms with Gasteiger partial charge in [0.2, 0.25) is 0 Å². The summed E-state index contributed by atoms with van der Waals surface area (Å²) in [4.78, 5) is 24.0. The molecule has 0 heterocycles. The number of benzene rings is 1. The fraction of sp³-hybridized carbons (Fsp3) is 0.467. The van der Waals surface area contributed by atoms with E-state index in [1.54, 1.807) is 34.6 Å². The van der Waals surface area contributed by atoms with Crippen LogP contribution in [0.4, 0.5) is 9.18 Å². The molecule has 0 saturated carbocycles. The molecule has 1 amide bonds. The Hall–Kier alpha value is -1.91. The minimum absolute atomic E-state index is 0.200. The fourth-order valence-electron chi connectivity index (χ4n) is 1.61. The molecule has 0 radical (unpaired) electrons. The zero-order valence-electron chi connectivity index (χ0n) is 12.4. The van der Waals surface area contributed by atoms with Crippen molar-refractivity contribution in [2.75, 3.05) is 0 Å². The van der Waals surface area contributed by atoms with E-state index in [1.165, 1.54) is 18.2 Å². The number of amides is 1. The zero-order valence-corrected chi connectivity index (χ0v) is 12.4. The van der Waals surface area contributed by atoms with Crippen molar-refractivity contribution in [1.29, 1.82) is 0 Å². The van der Waals surface area contributed by atoms with Crippen molar-refractivity contribution in [2.45, 2.75) is 45.8 Å². The molecule has 0 fully saturated rings. The number of rotatable bonds is 3. The van der Waals surface area contributed by atoms with E-state index in [1.807, 2.05) is 0 Å². The first-order valence-electron chi connectivity index (χ1n) is 6.33. The molecule has 0 atom stereocenters. The van der Waals surface area contributed by atoms with Crippen LogP contribution in [0.1, 0.15) is 45.0 Å². The topological polar surface area (TPSA) is 55.4 Å². The number of nitrogens with one attached hydrogen (secondary N) is 1. The van der Waals surface area contributed by atoms with E-state index in [4.69, 9.17) is 4.74 Å². The van der Waals surface area contributed by atoms with Crippen molar-refractivity contribution >= 4 is 11.9 Å². The van der Waals surface area contributed by atoms with E-state index in [2.05, 4.69) is 5.32 Å². The van der Waals surface area contributed by atoms with Gasteiger partial charge in [-0.05, 0) is 46.8 Å². The Morgan fingerprint density at radius 3 is 2.25 bits per heavy atom. The number of ether oxygens (including phenoxy) is 1. The van der Waals surface area contributed by atoms with Crippen LogP contribution in [0, 0.1) is 5.82 Å². The van der Waals surface area contributed by atoms with Gasteiger partial charge >= 0.3 is 6.09 Å². The van der Waals surface area contributed by atoms with Crippen LogP contribution in [0.2, 0.25) is 0 Å². The van der Waals surface area contributed by atoms with Crippen LogP contribution in [-0.4, -0.2) is 23.0 Å². The molecule has 1 N–H and O–H groups in total. The molecule has 0 unspecified atom stereocenters. The molecule has 110 valence electrons. The van der Waals surface area contributed by atoms with Crippen molar-refractivity contribution in [3.05, 3.63) is 35.6 Å². The van der Waals surface area contributed by atoms with Gasteiger partial charge < -0.3 is 10.1 Å². The molecule has 1 aromatic carbocycles. The van der Waals surface area contributed by atoms with Crippen LogP contribution in [0.5, 0.6) is 0 Å². The summed E-state index contributed by atoms with van der Waals surface area (Å²) in [6.45, 7) is 8.28. The predicted molar refractivity (Wildman–Crippen MR) is 74.2 cm³/mol. The van der Waals surface area contributed by atoms with E-state index in [9.17, 15) is 14.0 Å². The zero-order chi connectivity index (χ0) is 15.6. The molecule has 0 bridgehead atoms. The molecule has 0 aliphatic carbocycles. The SMILES string of the molecule is CC(C)(C)OC(=O)NC(C)(C)C(=O)c1cccc(F)c1. The van der Waals surface area contributed by atoms with E-state index in [-0.39, 0.29) is 11.3 Å². The maximum atomic E-state index is 13.1. The largest absolute Gasteiger partial charge is 0.444 e. The van der Waals surface area contributed by atoms with E-state index in [0.29, 0.717) is 0 Å². The lowest BCUT2D eigenvalue weighted by molar-refractivity contribution is 0.0454. The van der Waals surface area contributed by atoms with Gasteiger partial charge in [-0.2, -0.15) is 0 Å². The monoisotopic (exact) mass is 281 g/mol. The van der Waals surface area contributed by atoms with Gasteiger partial charge in [0.15, 0.2) is 5.78 Å². The highest BCUT2D eigenvalue weighted by molar-refractivity contribution is 6.04. The lowest BCUT2D eigenvalue weighted by Crippen LogP contribution is -2.51. The third-order valence-corrected chi connectivity index (χ3v) is 2.47. The lowest BCUT2D eigenvalue weighted by Gasteiger charge is -2.27. The Kier molecular flexibility index (Phi) is 4.53. The molecular weight excluding hydrogens is 261 g/mol. The molecule has 0 saturated heterocycles. The van der Waals surface area contributed by atoms with Gasteiger partial charge in [-0.1, -0.05) is 12.1 Å². The standard InChI is InChI=1S/C15H20FNO3/c1-14(2,3)20-13(19)17-15(4,5)12(18)10-7-6-8-11(16)9-10/h6-9H,1-5H3,(H,17,19). The Morgan fingerprint density at radius 2 is 1.75 bits per heavy atom. The average molecular weight is 281 g/mol. The minimum atomic E-state index is -1.18. The van der Waals surface area contributed by atoms with E-state index >= 15 is 0 Å². The van der Waals surface area contributed by atoms with Crippen molar-refractivity contribution < 1.29 is 18.7 Å². The summed E-state index contributed by atoms with van der Waals surface area (Å²) >= 11 is 0. The lowest BCUT2D eigenvalue weighted by atomic mass is 9.93. The smallest absolute Gasteiger partial charge is 0.408 e. The van der Waals surface area contributed by atoms with Gasteiger partial charge in [-0.25, -0.2) is 9.18 Å². The highest BCUT2D eigenvalue weighted by atomic mass is 19.1. The first kappa shape index (κ1) is 16.1. The van der Waals surface area contributed by atoms with Gasteiger partial charge in [0.1, 0.15) is 17.0 Å². The average Bonchev–Trinajstić information content (AvgIpc) is 2.24. The van der Waals surface area contributed by atoms with Crippen LogP contribution in [0.3, 0.4) is 0 Å². The molecule has 20 heavy (non-hydrogen) atoms. The number of alkyl carbamates (subject to hydrolysis) is 1. The summed E-state index contributed by atoms with van der Waals surface area (Å²) in [6, 6.07) is 5.35. The van der Waals surface area contributed by atoms with Crippen molar-refractivity contribution in [1.82, 2.24) is 5.32 Å². The first-order valence-corrected chi connectivity index (χ1v) is 6.33. The molecule has 5 heteroatoms. The summed E-state index contributed by atoms with van der Waals surface area (Å²) in [7, 11) is 0. The van der Waals surface area contributed by atoms with Gasteiger partial charge in [-0.3, -0.25) is 4.79 Å². The molecule has 1 aromatic rings. The van der Waals surface area contributed by atoms with Crippen molar-refractivity contribution in [3.8, 4) is 0 Å². The third kappa shape index (κ3) is 4.64. The first-order chi connectivity index (χ1) is 9.01. The minimum Gasteiger partial charge on any atom is -0.444 e. The molecule has 0 aliphatic heterocycles.